The SMILES string of the molecule is CCOCCCn1c(Sc2ccc(C#N)cc2[N+](=O)[O-])nc2ccccc2c1=O. The molecule has 0 N–H and O–H groups in total. The standard InChI is InChI=1S/C20H18N4O4S/c1-2-28-11-5-10-23-19(25)15-6-3-4-7-16(15)22-20(23)29-18-9-8-14(13-21)12-17(18)24(26)27/h3-4,6-9,12H,2,5,10-11H2,1H3. The zero-order valence-electron chi connectivity index (χ0n) is 15.7. The summed E-state index contributed by atoms with van der Waals surface area (Å²) in [4.78, 5) is 28.8. The monoisotopic (exact) mass is 410 g/mol. The first-order valence-electron chi connectivity index (χ1n) is 8.99. The van der Waals surface area contributed by atoms with Gasteiger partial charge >= 0.3 is 0 Å². The third-order valence-corrected chi connectivity index (χ3v) is 5.25. The van der Waals surface area contributed by atoms with E-state index in [0.29, 0.717) is 47.1 Å². The maximum Gasteiger partial charge on any atom is 0.284 e. The molecule has 0 spiro atoms. The summed E-state index contributed by atoms with van der Waals surface area (Å²) in [6.45, 7) is 3.36. The van der Waals surface area contributed by atoms with Crippen molar-refractivity contribution >= 4 is 28.4 Å². The van der Waals surface area contributed by atoms with E-state index in [2.05, 4.69) is 4.98 Å². The van der Waals surface area contributed by atoms with Crippen molar-refractivity contribution in [1.29, 1.82) is 5.26 Å². The molecule has 29 heavy (non-hydrogen) atoms. The molecule has 8 nitrogen and oxygen atoms in total. The van der Waals surface area contributed by atoms with Crippen LogP contribution >= 0.6 is 11.8 Å². The van der Waals surface area contributed by atoms with E-state index in [1.54, 1.807) is 24.3 Å². The zero-order chi connectivity index (χ0) is 20.8. The average Bonchev–Trinajstić information content (AvgIpc) is 2.73. The van der Waals surface area contributed by atoms with Crippen molar-refractivity contribution in [1.82, 2.24) is 9.55 Å². The Hall–Kier alpha value is -3.22. The molecule has 0 saturated carbocycles. The Bertz CT molecular complexity index is 1150. The molecule has 2 aromatic carbocycles. The minimum absolute atomic E-state index is 0.196. The number of hydrogen-bond acceptors (Lipinski definition) is 7. The number of para-hydroxylation sites is 1. The number of ether oxygens (including phenoxy) is 1. The van der Waals surface area contributed by atoms with Gasteiger partial charge < -0.3 is 4.74 Å². The Balaban J connectivity index is 2.07. The lowest BCUT2D eigenvalue weighted by Gasteiger charge is -2.13. The van der Waals surface area contributed by atoms with Gasteiger partial charge in [0.1, 0.15) is 0 Å². The van der Waals surface area contributed by atoms with E-state index in [-0.39, 0.29) is 16.8 Å². The van der Waals surface area contributed by atoms with Gasteiger partial charge in [0.25, 0.3) is 11.2 Å². The van der Waals surface area contributed by atoms with Gasteiger partial charge in [0.05, 0.1) is 32.4 Å². The fourth-order valence-corrected chi connectivity index (χ4v) is 3.81. The van der Waals surface area contributed by atoms with E-state index in [4.69, 9.17) is 10.00 Å². The predicted molar refractivity (Wildman–Crippen MR) is 109 cm³/mol. The van der Waals surface area contributed by atoms with Crippen LogP contribution in [0.2, 0.25) is 0 Å². The number of nitro benzene ring substituents is 1. The van der Waals surface area contributed by atoms with Crippen LogP contribution in [0.5, 0.6) is 0 Å². The number of fused-ring (bicyclic) bond motifs is 1. The molecule has 1 aromatic heterocycles. The Kier molecular flexibility index (Phi) is 6.59. The first-order chi connectivity index (χ1) is 14.0. The van der Waals surface area contributed by atoms with Crippen LogP contribution in [0.15, 0.2) is 57.3 Å². The second kappa shape index (κ2) is 9.32. The van der Waals surface area contributed by atoms with Crippen LogP contribution in [-0.4, -0.2) is 27.7 Å². The number of nitriles is 1. The Labute approximate surface area is 170 Å². The molecule has 0 amide bonds. The molecule has 148 valence electrons. The number of benzene rings is 2. The van der Waals surface area contributed by atoms with Gasteiger partial charge in [-0.1, -0.05) is 12.1 Å². The topological polar surface area (TPSA) is 111 Å². The molecule has 0 saturated heterocycles. The molecule has 1 heterocycles. The molecular formula is C20H18N4O4S. The summed E-state index contributed by atoms with van der Waals surface area (Å²) < 4.78 is 6.88. The number of nitro groups is 1. The van der Waals surface area contributed by atoms with Crippen LogP contribution in [0.4, 0.5) is 5.69 Å². The van der Waals surface area contributed by atoms with Crippen molar-refractivity contribution in [2.75, 3.05) is 13.2 Å². The Morgan fingerprint density at radius 2 is 2.10 bits per heavy atom. The van der Waals surface area contributed by atoms with Crippen molar-refractivity contribution in [2.24, 2.45) is 0 Å². The molecule has 0 fully saturated rings. The lowest BCUT2D eigenvalue weighted by atomic mass is 10.2. The minimum atomic E-state index is -0.540. The van der Waals surface area contributed by atoms with Crippen LogP contribution < -0.4 is 5.56 Å². The summed E-state index contributed by atoms with van der Waals surface area (Å²) in [6.07, 6.45) is 0.608. The molecule has 0 unspecified atom stereocenters. The van der Waals surface area contributed by atoms with Gasteiger partial charge in [-0.3, -0.25) is 19.5 Å². The summed E-state index contributed by atoms with van der Waals surface area (Å²) >= 11 is 1.04. The molecule has 0 aliphatic heterocycles. The van der Waals surface area contributed by atoms with Gasteiger partial charge in [0.2, 0.25) is 0 Å². The molecule has 9 heteroatoms. The lowest BCUT2D eigenvalue weighted by Crippen LogP contribution is -2.24. The minimum Gasteiger partial charge on any atom is -0.382 e. The highest BCUT2D eigenvalue weighted by Gasteiger charge is 2.19. The fourth-order valence-electron chi connectivity index (χ4n) is 2.81. The second-order valence-corrected chi connectivity index (χ2v) is 7.08. The van der Waals surface area contributed by atoms with Crippen molar-refractivity contribution in [3.8, 4) is 6.07 Å². The third-order valence-electron chi connectivity index (χ3n) is 4.19. The average molecular weight is 410 g/mol. The molecule has 0 aliphatic rings. The molecule has 0 bridgehead atoms. The predicted octanol–water partition coefficient (Wildman–Crippen LogP) is 3.75. The smallest absolute Gasteiger partial charge is 0.284 e. The number of hydrogen-bond donors (Lipinski definition) is 0. The maximum absolute atomic E-state index is 13.0. The van der Waals surface area contributed by atoms with Crippen molar-refractivity contribution in [3.05, 3.63) is 68.5 Å². The Morgan fingerprint density at radius 1 is 1.31 bits per heavy atom. The van der Waals surface area contributed by atoms with E-state index < -0.39 is 4.92 Å². The van der Waals surface area contributed by atoms with Crippen LogP contribution in [-0.2, 0) is 11.3 Å². The number of rotatable bonds is 8. The lowest BCUT2D eigenvalue weighted by molar-refractivity contribution is -0.387. The first-order valence-corrected chi connectivity index (χ1v) is 9.80. The summed E-state index contributed by atoms with van der Waals surface area (Å²) in [6, 6.07) is 13.1. The molecule has 0 aliphatic carbocycles. The largest absolute Gasteiger partial charge is 0.382 e. The van der Waals surface area contributed by atoms with Gasteiger partial charge in [-0.05, 0) is 49.4 Å². The summed E-state index contributed by atoms with van der Waals surface area (Å²) in [5.41, 5.74) is 0.321. The second-order valence-electron chi connectivity index (χ2n) is 6.07. The van der Waals surface area contributed by atoms with Crippen molar-refractivity contribution < 1.29 is 9.66 Å². The van der Waals surface area contributed by atoms with Crippen LogP contribution in [0.1, 0.15) is 18.9 Å². The molecule has 0 radical (unpaired) electrons. The highest BCUT2D eigenvalue weighted by atomic mass is 32.2. The highest BCUT2D eigenvalue weighted by Crippen LogP contribution is 2.34. The van der Waals surface area contributed by atoms with Gasteiger partial charge in [-0.2, -0.15) is 5.26 Å². The quantitative estimate of drug-likeness (QED) is 0.241. The Morgan fingerprint density at radius 3 is 2.83 bits per heavy atom. The van der Waals surface area contributed by atoms with Crippen molar-refractivity contribution in [3.63, 3.8) is 0 Å². The number of nitrogens with zero attached hydrogens (tertiary/aromatic N) is 4. The molecule has 3 aromatic rings. The molecular weight excluding hydrogens is 392 g/mol. The number of aromatic nitrogens is 2. The summed E-state index contributed by atoms with van der Waals surface area (Å²) in [7, 11) is 0. The van der Waals surface area contributed by atoms with E-state index >= 15 is 0 Å². The van der Waals surface area contributed by atoms with Crippen LogP contribution in [0, 0.1) is 21.4 Å². The van der Waals surface area contributed by atoms with Crippen LogP contribution in [0.25, 0.3) is 10.9 Å². The summed E-state index contributed by atoms with van der Waals surface area (Å²) in [5, 5.41) is 21.3. The highest BCUT2D eigenvalue weighted by molar-refractivity contribution is 7.99. The van der Waals surface area contributed by atoms with E-state index in [0.717, 1.165) is 11.8 Å². The van der Waals surface area contributed by atoms with E-state index in [1.807, 2.05) is 13.0 Å². The third kappa shape index (κ3) is 4.62. The van der Waals surface area contributed by atoms with Crippen LogP contribution in [0.3, 0.4) is 0 Å². The summed E-state index contributed by atoms with van der Waals surface area (Å²) in [5.74, 6) is 0. The van der Waals surface area contributed by atoms with E-state index in [9.17, 15) is 14.9 Å². The van der Waals surface area contributed by atoms with Crippen molar-refractivity contribution in [2.45, 2.75) is 29.9 Å². The molecule has 0 atom stereocenters. The zero-order valence-corrected chi connectivity index (χ0v) is 16.5. The normalized spacial score (nSPS) is 10.8. The van der Waals surface area contributed by atoms with Gasteiger partial charge in [-0.25, -0.2) is 4.98 Å². The maximum atomic E-state index is 13.0. The van der Waals surface area contributed by atoms with Gasteiger partial charge in [0, 0.05) is 25.8 Å². The van der Waals surface area contributed by atoms with Gasteiger partial charge in [0.15, 0.2) is 5.16 Å². The van der Waals surface area contributed by atoms with E-state index in [1.165, 1.54) is 22.8 Å². The van der Waals surface area contributed by atoms with Gasteiger partial charge in [-0.15, -0.1) is 0 Å². The first kappa shape index (κ1) is 20.5. The molecule has 3 rings (SSSR count). The fraction of sp³-hybridized carbons (Fsp3) is 0.250.